The first-order valence-corrected chi connectivity index (χ1v) is 8.16. The summed E-state index contributed by atoms with van der Waals surface area (Å²) < 4.78 is 23.1. The zero-order valence-corrected chi connectivity index (χ0v) is 12.1. The van der Waals surface area contributed by atoms with E-state index in [0.29, 0.717) is 13.0 Å². The molecule has 0 saturated heterocycles. The minimum absolute atomic E-state index is 0.203. The van der Waals surface area contributed by atoms with Gasteiger partial charge in [0.1, 0.15) is 9.84 Å². The Morgan fingerprint density at radius 3 is 2.41 bits per heavy atom. The van der Waals surface area contributed by atoms with Gasteiger partial charge in [-0.1, -0.05) is 6.42 Å². The molecule has 2 atom stereocenters. The summed E-state index contributed by atoms with van der Waals surface area (Å²) in [5.74, 6) is 0. The zero-order valence-electron chi connectivity index (χ0n) is 11.3. The summed E-state index contributed by atoms with van der Waals surface area (Å²) in [5.41, 5.74) is -0.729. The molecule has 0 spiro atoms. The lowest BCUT2D eigenvalue weighted by Gasteiger charge is -2.37. The van der Waals surface area contributed by atoms with Gasteiger partial charge in [-0.15, -0.1) is 0 Å². The zero-order chi connectivity index (χ0) is 13.3. The number of sulfone groups is 1. The van der Waals surface area contributed by atoms with E-state index >= 15 is 0 Å². The van der Waals surface area contributed by atoms with Gasteiger partial charge in [0, 0.05) is 18.8 Å². The Morgan fingerprint density at radius 1 is 1.35 bits per heavy atom. The van der Waals surface area contributed by atoms with Crippen LogP contribution in [0, 0.1) is 0 Å². The number of hydrogen-bond acceptors (Lipinski definition) is 4. The molecular weight excluding hydrogens is 238 g/mol. The Hall–Kier alpha value is -0.130. The van der Waals surface area contributed by atoms with E-state index in [-0.39, 0.29) is 11.3 Å². The van der Waals surface area contributed by atoms with Crippen molar-refractivity contribution in [3.05, 3.63) is 0 Å². The molecule has 0 aromatic carbocycles. The average Bonchev–Trinajstić information content (AvgIpc) is 2.14. The van der Waals surface area contributed by atoms with Crippen LogP contribution in [0.2, 0.25) is 0 Å². The molecule has 1 N–H and O–H groups in total. The topological polar surface area (TPSA) is 57.6 Å². The van der Waals surface area contributed by atoms with E-state index in [2.05, 4.69) is 4.90 Å². The largest absolute Gasteiger partial charge is 0.389 e. The smallest absolute Gasteiger partial charge is 0.150 e. The van der Waals surface area contributed by atoms with Crippen LogP contribution in [-0.4, -0.2) is 55.2 Å². The van der Waals surface area contributed by atoms with Crippen molar-refractivity contribution in [2.45, 2.75) is 56.4 Å². The van der Waals surface area contributed by atoms with Crippen LogP contribution < -0.4 is 0 Å². The molecule has 17 heavy (non-hydrogen) atoms. The Bertz CT molecular complexity index is 345. The third-order valence-corrected chi connectivity index (χ3v) is 5.10. The van der Waals surface area contributed by atoms with Crippen molar-refractivity contribution >= 4 is 9.84 Å². The van der Waals surface area contributed by atoms with E-state index in [1.54, 1.807) is 13.8 Å². The fraction of sp³-hybridized carbons (Fsp3) is 1.00. The highest BCUT2D eigenvalue weighted by molar-refractivity contribution is 7.91. The fourth-order valence-corrected chi connectivity index (χ4v) is 3.82. The van der Waals surface area contributed by atoms with Crippen LogP contribution in [0.15, 0.2) is 0 Å². The molecule has 102 valence electrons. The number of likely N-dealkylation sites (N-methyl/N-ethyl adjacent to an activating group) is 1. The summed E-state index contributed by atoms with van der Waals surface area (Å²) in [6.45, 7) is 4.13. The third kappa shape index (κ3) is 4.94. The standard InChI is InChI=1S/C12H25NO3S/c1-12(2,14)9-13(3)10-6-5-7-11(8-10)17(4,15)16/h10-11,14H,5-9H2,1-4H3. The van der Waals surface area contributed by atoms with E-state index < -0.39 is 15.4 Å². The lowest BCUT2D eigenvalue weighted by molar-refractivity contribution is 0.0256. The van der Waals surface area contributed by atoms with Gasteiger partial charge in [0.15, 0.2) is 0 Å². The van der Waals surface area contributed by atoms with Crippen molar-refractivity contribution in [2.75, 3.05) is 19.8 Å². The van der Waals surface area contributed by atoms with Crippen LogP contribution in [0.1, 0.15) is 39.5 Å². The van der Waals surface area contributed by atoms with Gasteiger partial charge in [0.2, 0.25) is 0 Å². The van der Waals surface area contributed by atoms with Gasteiger partial charge in [-0.2, -0.15) is 0 Å². The van der Waals surface area contributed by atoms with Gasteiger partial charge in [-0.25, -0.2) is 8.42 Å². The maximum atomic E-state index is 11.6. The van der Waals surface area contributed by atoms with Gasteiger partial charge in [-0.3, -0.25) is 0 Å². The maximum absolute atomic E-state index is 11.6. The Labute approximate surface area is 105 Å². The van der Waals surface area contributed by atoms with E-state index in [4.69, 9.17) is 0 Å². The number of hydrogen-bond donors (Lipinski definition) is 1. The molecule has 0 amide bonds. The van der Waals surface area contributed by atoms with Crippen molar-refractivity contribution < 1.29 is 13.5 Å². The SMILES string of the molecule is CN(CC(C)(C)O)C1CCCC(S(C)(=O)=O)C1. The molecule has 1 rings (SSSR count). The van der Waals surface area contributed by atoms with E-state index in [1.165, 1.54) is 6.26 Å². The lowest BCUT2D eigenvalue weighted by Crippen LogP contribution is -2.45. The molecular formula is C12H25NO3S. The Balaban J connectivity index is 2.61. The van der Waals surface area contributed by atoms with Crippen LogP contribution >= 0.6 is 0 Å². The van der Waals surface area contributed by atoms with Gasteiger partial charge in [0.05, 0.1) is 10.9 Å². The third-order valence-electron chi connectivity index (χ3n) is 3.46. The highest BCUT2D eigenvalue weighted by Gasteiger charge is 2.32. The number of nitrogens with zero attached hydrogens (tertiary/aromatic N) is 1. The molecule has 0 aliphatic heterocycles. The first-order valence-electron chi connectivity index (χ1n) is 6.21. The summed E-state index contributed by atoms with van der Waals surface area (Å²) in [7, 11) is -0.960. The lowest BCUT2D eigenvalue weighted by atomic mass is 9.93. The second-order valence-electron chi connectivity index (χ2n) is 6.00. The van der Waals surface area contributed by atoms with Crippen LogP contribution in [0.4, 0.5) is 0 Å². The van der Waals surface area contributed by atoms with Crippen molar-refractivity contribution in [3.63, 3.8) is 0 Å². The average molecular weight is 263 g/mol. The van der Waals surface area contributed by atoms with Crippen molar-refractivity contribution in [1.82, 2.24) is 4.90 Å². The molecule has 1 aliphatic rings. The molecule has 0 aromatic rings. The normalized spacial score (nSPS) is 27.4. The highest BCUT2D eigenvalue weighted by Crippen LogP contribution is 2.27. The predicted molar refractivity (Wildman–Crippen MR) is 69.8 cm³/mol. The first-order chi connectivity index (χ1) is 7.59. The van der Waals surface area contributed by atoms with Crippen LogP contribution in [0.5, 0.6) is 0 Å². The van der Waals surface area contributed by atoms with Gasteiger partial charge >= 0.3 is 0 Å². The van der Waals surface area contributed by atoms with E-state index in [9.17, 15) is 13.5 Å². The Kier molecular flexibility index (Phi) is 4.60. The van der Waals surface area contributed by atoms with Crippen molar-refractivity contribution in [1.29, 1.82) is 0 Å². The summed E-state index contributed by atoms with van der Waals surface area (Å²) >= 11 is 0. The molecule has 1 aliphatic carbocycles. The fourth-order valence-electron chi connectivity index (χ4n) is 2.65. The van der Waals surface area contributed by atoms with Gasteiger partial charge in [-0.05, 0) is 40.2 Å². The highest BCUT2D eigenvalue weighted by atomic mass is 32.2. The quantitative estimate of drug-likeness (QED) is 0.823. The molecule has 0 radical (unpaired) electrons. The molecule has 4 nitrogen and oxygen atoms in total. The summed E-state index contributed by atoms with van der Waals surface area (Å²) in [4.78, 5) is 2.09. The van der Waals surface area contributed by atoms with Crippen molar-refractivity contribution in [2.24, 2.45) is 0 Å². The molecule has 5 heteroatoms. The summed E-state index contributed by atoms with van der Waals surface area (Å²) in [5, 5.41) is 9.58. The van der Waals surface area contributed by atoms with Crippen molar-refractivity contribution in [3.8, 4) is 0 Å². The molecule has 1 fully saturated rings. The monoisotopic (exact) mass is 263 g/mol. The molecule has 1 saturated carbocycles. The number of rotatable bonds is 4. The van der Waals surface area contributed by atoms with E-state index in [0.717, 1.165) is 19.3 Å². The Morgan fingerprint density at radius 2 is 1.94 bits per heavy atom. The molecule has 0 bridgehead atoms. The first kappa shape index (κ1) is 14.9. The molecule has 0 heterocycles. The minimum Gasteiger partial charge on any atom is -0.389 e. The second kappa shape index (κ2) is 5.24. The molecule has 2 unspecified atom stereocenters. The second-order valence-corrected chi connectivity index (χ2v) is 8.33. The number of aliphatic hydroxyl groups is 1. The van der Waals surface area contributed by atoms with Crippen LogP contribution in [-0.2, 0) is 9.84 Å². The van der Waals surface area contributed by atoms with Crippen LogP contribution in [0.25, 0.3) is 0 Å². The van der Waals surface area contributed by atoms with Crippen LogP contribution in [0.3, 0.4) is 0 Å². The maximum Gasteiger partial charge on any atom is 0.150 e. The minimum atomic E-state index is -2.93. The van der Waals surface area contributed by atoms with E-state index in [1.807, 2.05) is 7.05 Å². The molecule has 0 aromatic heterocycles. The predicted octanol–water partition coefficient (Wildman–Crippen LogP) is 1.04. The van der Waals surface area contributed by atoms with Gasteiger partial charge < -0.3 is 10.0 Å². The van der Waals surface area contributed by atoms with Gasteiger partial charge in [0.25, 0.3) is 0 Å². The summed E-state index contributed by atoms with van der Waals surface area (Å²) in [6, 6.07) is 0.273. The summed E-state index contributed by atoms with van der Waals surface area (Å²) in [6.07, 6.45) is 4.80.